The molecular weight excluding hydrogens is 246 g/mol. The predicted molar refractivity (Wildman–Crippen MR) is 73.5 cm³/mol. The van der Waals surface area contributed by atoms with Gasteiger partial charge in [0.05, 0.1) is 16.7 Å². The summed E-state index contributed by atoms with van der Waals surface area (Å²) in [5, 5.41) is 0.697. The maximum absolute atomic E-state index is 6.21. The molecule has 3 aromatic rings. The molecule has 1 aromatic carbocycles. The molecule has 0 unspecified atom stereocenters. The standard InChI is InChI=1S/C14H12ClN3/c15-13-4-2-1-3-12(13)14-17-8-11-6-5-10(7-16)9-18(11)14/h1-6,8-9H,7,16H2. The zero-order valence-corrected chi connectivity index (χ0v) is 10.4. The van der Waals surface area contributed by atoms with E-state index in [2.05, 4.69) is 4.98 Å². The van der Waals surface area contributed by atoms with Crippen molar-refractivity contribution >= 4 is 17.1 Å². The van der Waals surface area contributed by atoms with Gasteiger partial charge in [-0.05, 0) is 23.8 Å². The summed E-state index contributed by atoms with van der Waals surface area (Å²) < 4.78 is 2.02. The number of pyridine rings is 1. The van der Waals surface area contributed by atoms with Crippen LogP contribution in [0.15, 0.2) is 48.8 Å². The van der Waals surface area contributed by atoms with Gasteiger partial charge in [-0.15, -0.1) is 0 Å². The first kappa shape index (κ1) is 11.3. The topological polar surface area (TPSA) is 43.3 Å². The van der Waals surface area contributed by atoms with Gasteiger partial charge in [-0.3, -0.25) is 4.40 Å². The van der Waals surface area contributed by atoms with Gasteiger partial charge in [0.25, 0.3) is 0 Å². The van der Waals surface area contributed by atoms with Gasteiger partial charge in [0.1, 0.15) is 5.82 Å². The number of hydrogen-bond donors (Lipinski definition) is 1. The van der Waals surface area contributed by atoms with E-state index in [4.69, 9.17) is 17.3 Å². The number of rotatable bonds is 2. The molecule has 0 bridgehead atoms. The van der Waals surface area contributed by atoms with E-state index >= 15 is 0 Å². The van der Waals surface area contributed by atoms with Gasteiger partial charge in [-0.1, -0.05) is 29.8 Å². The average molecular weight is 258 g/mol. The van der Waals surface area contributed by atoms with Crippen LogP contribution in [0, 0.1) is 0 Å². The van der Waals surface area contributed by atoms with Gasteiger partial charge >= 0.3 is 0 Å². The fourth-order valence-corrected chi connectivity index (χ4v) is 2.22. The van der Waals surface area contributed by atoms with Gasteiger partial charge < -0.3 is 5.73 Å². The predicted octanol–water partition coefficient (Wildman–Crippen LogP) is 3.11. The Hall–Kier alpha value is -1.84. The van der Waals surface area contributed by atoms with Gasteiger partial charge in [-0.2, -0.15) is 0 Å². The van der Waals surface area contributed by atoms with Crippen molar-refractivity contribution in [3.05, 3.63) is 59.4 Å². The highest BCUT2D eigenvalue weighted by Gasteiger charge is 2.09. The van der Waals surface area contributed by atoms with Crippen LogP contribution in [0.25, 0.3) is 16.9 Å². The SMILES string of the molecule is NCc1ccc2cnc(-c3ccccc3Cl)n2c1. The third kappa shape index (κ3) is 1.78. The Bertz CT molecular complexity index is 703. The van der Waals surface area contributed by atoms with Crippen LogP contribution in [0.1, 0.15) is 5.56 Å². The monoisotopic (exact) mass is 257 g/mol. The molecule has 3 rings (SSSR count). The summed E-state index contributed by atoms with van der Waals surface area (Å²) in [5.74, 6) is 0.839. The molecule has 0 spiro atoms. The minimum Gasteiger partial charge on any atom is -0.326 e. The molecule has 0 saturated heterocycles. The molecule has 2 heterocycles. The number of aromatic nitrogens is 2. The Morgan fingerprint density at radius 3 is 2.78 bits per heavy atom. The van der Waals surface area contributed by atoms with E-state index in [-0.39, 0.29) is 0 Å². The Balaban J connectivity index is 2.26. The molecule has 0 atom stereocenters. The number of halogens is 1. The zero-order valence-electron chi connectivity index (χ0n) is 9.68. The maximum Gasteiger partial charge on any atom is 0.145 e. The minimum absolute atomic E-state index is 0.510. The molecule has 4 heteroatoms. The van der Waals surface area contributed by atoms with Crippen LogP contribution in [0.3, 0.4) is 0 Å². The zero-order chi connectivity index (χ0) is 12.5. The van der Waals surface area contributed by atoms with Crippen molar-refractivity contribution in [1.82, 2.24) is 9.38 Å². The fourth-order valence-electron chi connectivity index (χ4n) is 2.00. The van der Waals surface area contributed by atoms with Gasteiger partial charge in [-0.25, -0.2) is 4.98 Å². The van der Waals surface area contributed by atoms with E-state index in [9.17, 15) is 0 Å². The van der Waals surface area contributed by atoms with E-state index in [1.165, 1.54) is 0 Å². The molecule has 0 aliphatic heterocycles. The number of fused-ring (bicyclic) bond motifs is 1. The number of nitrogens with two attached hydrogens (primary N) is 1. The van der Waals surface area contributed by atoms with Gasteiger partial charge in [0.15, 0.2) is 0 Å². The van der Waals surface area contributed by atoms with Crippen molar-refractivity contribution < 1.29 is 0 Å². The molecule has 3 nitrogen and oxygen atoms in total. The first-order valence-electron chi connectivity index (χ1n) is 5.70. The van der Waals surface area contributed by atoms with Crippen LogP contribution in [0.4, 0.5) is 0 Å². The second-order valence-corrected chi connectivity index (χ2v) is 4.51. The highest BCUT2D eigenvalue weighted by molar-refractivity contribution is 6.33. The summed E-state index contributed by atoms with van der Waals surface area (Å²) in [4.78, 5) is 4.44. The summed E-state index contributed by atoms with van der Waals surface area (Å²) in [6, 6.07) is 11.7. The van der Waals surface area contributed by atoms with E-state index in [0.717, 1.165) is 22.5 Å². The maximum atomic E-state index is 6.21. The van der Waals surface area contributed by atoms with Crippen LogP contribution in [0.2, 0.25) is 5.02 Å². The Kier molecular flexibility index (Phi) is 2.78. The Morgan fingerprint density at radius 2 is 2.00 bits per heavy atom. The van der Waals surface area contributed by atoms with Crippen LogP contribution in [-0.2, 0) is 6.54 Å². The molecule has 0 radical (unpaired) electrons. The number of nitrogens with zero attached hydrogens (tertiary/aromatic N) is 2. The van der Waals surface area contributed by atoms with Crippen molar-refractivity contribution in [1.29, 1.82) is 0 Å². The number of hydrogen-bond acceptors (Lipinski definition) is 2. The van der Waals surface area contributed by atoms with E-state index in [0.29, 0.717) is 11.6 Å². The van der Waals surface area contributed by atoms with Crippen LogP contribution < -0.4 is 5.73 Å². The summed E-state index contributed by atoms with van der Waals surface area (Å²) >= 11 is 6.21. The van der Waals surface area contributed by atoms with Crippen LogP contribution in [0.5, 0.6) is 0 Å². The summed E-state index contributed by atoms with van der Waals surface area (Å²) in [6.07, 6.45) is 3.83. The highest BCUT2D eigenvalue weighted by Crippen LogP contribution is 2.27. The third-order valence-corrected chi connectivity index (χ3v) is 3.27. The first-order chi connectivity index (χ1) is 8.79. The largest absolute Gasteiger partial charge is 0.326 e. The van der Waals surface area contributed by atoms with Crippen LogP contribution >= 0.6 is 11.6 Å². The fraction of sp³-hybridized carbons (Fsp3) is 0.0714. The van der Waals surface area contributed by atoms with E-state index in [1.807, 2.05) is 53.2 Å². The second-order valence-electron chi connectivity index (χ2n) is 4.10. The molecule has 0 fully saturated rings. The van der Waals surface area contributed by atoms with E-state index < -0.39 is 0 Å². The molecule has 0 saturated carbocycles. The van der Waals surface area contributed by atoms with Crippen molar-refractivity contribution in [2.45, 2.75) is 6.54 Å². The first-order valence-corrected chi connectivity index (χ1v) is 6.08. The summed E-state index contributed by atoms with van der Waals surface area (Å²) in [7, 11) is 0. The van der Waals surface area contributed by atoms with Gasteiger partial charge in [0, 0.05) is 18.3 Å². The summed E-state index contributed by atoms with van der Waals surface area (Å²) in [5.41, 5.74) is 8.69. The lowest BCUT2D eigenvalue weighted by Gasteiger charge is -2.05. The average Bonchev–Trinajstić information content (AvgIpc) is 2.82. The highest BCUT2D eigenvalue weighted by atomic mass is 35.5. The van der Waals surface area contributed by atoms with Gasteiger partial charge in [0.2, 0.25) is 0 Å². The lowest BCUT2D eigenvalue weighted by molar-refractivity contribution is 1.03. The summed E-state index contributed by atoms with van der Waals surface area (Å²) in [6.45, 7) is 0.510. The van der Waals surface area contributed by atoms with Crippen molar-refractivity contribution in [3.63, 3.8) is 0 Å². The van der Waals surface area contributed by atoms with Crippen molar-refractivity contribution in [2.24, 2.45) is 5.73 Å². The minimum atomic E-state index is 0.510. The smallest absolute Gasteiger partial charge is 0.145 e. The van der Waals surface area contributed by atoms with Crippen molar-refractivity contribution in [2.75, 3.05) is 0 Å². The Labute approximate surface area is 110 Å². The van der Waals surface area contributed by atoms with E-state index in [1.54, 1.807) is 0 Å². The van der Waals surface area contributed by atoms with Crippen LogP contribution in [-0.4, -0.2) is 9.38 Å². The normalized spacial score (nSPS) is 11.0. The molecule has 0 amide bonds. The lowest BCUT2D eigenvalue weighted by Crippen LogP contribution is -1.99. The second kappa shape index (κ2) is 4.44. The molecule has 2 N–H and O–H groups in total. The van der Waals surface area contributed by atoms with Crippen molar-refractivity contribution in [3.8, 4) is 11.4 Å². The quantitative estimate of drug-likeness (QED) is 0.767. The molecule has 2 aromatic heterocycles. The molecule has 0 aliphatic carbocycles. The molecule has 90 valence electrons. The number of imidazole rings is 1. The molecule has 0 aliphatic rings. The molecular formula is C14H12ClN3. The Morgan fingerprint density at radius 1 is 1.17 bits per heavy atom. The number of benzene rings is 1. The lowest BCUT2D eigenvalue weighted by atomic mass is 10.2. The molecule has 18 heavy (non-hydrogen) atoms. The third-order valence-electron chi connectivity index (χ3n) is 2.94.